The van der Waals surface area contributed by atoms with Crippen LogP contribution in [0.4, 0.5) is 5.95 Å². The number of fused-ring (bicyclic) bond motifs is 1. The van der Waals surface area contributed by atoms with Gasteiger partial charge in [0.1, 0.15) is 6.54 Å². The minimum Gasteiger partial charge on any atom is -0.477 e. The Hall–Kier alpha value is -2.22. The third-order valence-corrected chi connectivity index (χ3v) is 2.52. The maximum absolute atomic E-state index is 11.7. The SMILES string of the molecule is C[N+]1(C)Nc2nc(C(=O)O)cc(=O)n2CC1=O. The van der Waals surface area contributed by atoms with Crippen LogP contribution < -0.4 is 11.0 Å². The first kappa shape index (κ1) is 11.3. The zero-order chi connectivity index (χ0) is 12.8. The van der Waals surface area contributed by atoms with E-state index in [0.717, 1.165) is 10.6 Å². The van der Waals surface area contributed by atoms with Crippen LogP contribution in [-0.2, 0) is 11.3 Å². The molecule has 0 aromatic carbocycles. The summed E-state index contributed by atoms with van der Waals surface area (Å²) in [7, 11) is 3.18. The number of aromatic nitrogens is 2. The molecule has 1 aliphatic rings. The molecule has 0 spiro atoms. The summed E-state index contributed by atoms with van der Waals surface area (Å²) in [5.74, 6) is -1.42. The van der Waals surface area contributed by atoms with Crippen molar-refractivity contribution in [1.82, 2.24) is 9.55 Å². The average Bonchev–Trinajstić information content (AvgIpc) is 2.20. The molecule has 8 nitrogen and oxygen atoms in total. The zero-order valence-electron chi connectivity index (χ0n) is 9.30. The fourth-order valence-electron chi connectivity index (χ4n) is 1.48. The Labute approximate surface area is 95.7 Å². The van der Waals surface area contributed by atoms with Crippen LogP contribution in [0.15, 0.2) is 10.9 Å². The molecule has 0 aliphatic carbocycles. The smallest absolute Gasteiger partial charge is 0.357 e. The Morgan fingerprint density at radius 1 is 1.53 bits per heavy atom. The molecule has 0 saturated carbocycles. The Kier molecular flexibility index (Phi) is 2.25. The maximum atomic E-state index is 11.7. The number of carbonyl (C=O) groups excluding carboxylic acids is 1. The lowest BCUT2D eigenvalue weighted by molar-refractivity contribution is -0.793. The molecular weight excluding hydrogens is 228 g/mol. The van der Waals surface area contributed by atoms with E-state index >= 15 is 0 Å². The summed E-state index contributed by atoms with van der Waals surface area (Å²) in [5, 5.41) is 8.78. The first-order chi connectivity index (χ1) is 7.81. The van der Waals surface area contributed by atoms with Gasteiger partial charge in [0.05, 0.1) is 14.1 Å². The van der Waals surface area contributed by atoms with E-state index in [-0.39, 0.29) is 28.7 Å². The van der Waals surface area contributed by atoms with Crippen LogP contribution in [-0.4, -0.2) is 45.2 Å². The molecule has 8 heteroatoms. The van der Waals surface area contributed by atoms with Gasteiger partial charge in [-0.15, -0.1) is 0 Å². The molecule has 1 aliphatic heterocycles. The number of rotatable bonds is 1. The Bertz CT molecular complexity index is 575. The Balaban J connectivity index is 2.60. The molecule has 0 bridgehead atoms. The van der Waals surface area contributed by atoms with Crippen LogP contribution >= 0.6 is 0 Å². The highest BCUT2D eigenvalue weighted by Gasteiger charge is 2.35. The first-order valence-corrected chi connectivity index (χ1v) is 4.82. The molecule has 2 heterocycles. The number of nitrogens with one attached hydrogen (secondary N) is 1. The van der Waals surface area contributed by atoms with Crippen molar-refractivity contribution in [2.75, 3.05) is 19.5 Å². The number of nitrogens with zero attached hydrogens (tertiary/aromatic N) is 3. The highest BCUT2D eigenvalue weighted by Crippen LogP contribution is 2.14. The van der Waals surface area contributed by atoms with Gasteiger partial charge in [0.25, 0.3) is 11.5 Å². The van der Waals surface area contributed by atoms with E-state index in [9.17, 15) is 14.4 Å². The van der Waals surface area contributed by atoms with Crippen molar-refractivity contribution in [1.29, 1.82) is 0 Å². The standard InChI is InChI=1S/C9H10N4O4/c1-13(2)7(15)4-12-6(14)3-5(8(16)17)10-9(12)11-13/h3H,4H2,1-2H3,(H-,10,11,14,16,17)/p+1. The quantitative estimate of drug-likeness (QED) is 0.602. The number of aromatic carboxylic acids is 1. The number of carboxylic acid groups (broad SMARTS) is 1. The summed E-state index contributed by atoms with van der Waals surface area (Å²) in [6, 6.07) is 0.895. The maximum Gasteiger partial charge on any atom is 0.357 e. The van der Waals surface area contributed by atoms with Gasteiger partial charge in [-0.3, -0.25) is 9.36 Å². The van der Waals surface area contributed by atoms with Gasteiger partial charge in [-0.2, -0.15) is 10.0 Å². The predicted octanol–water partition coefficient (Wildman–Crippen LogP) is -1.11. The number of carboxylic acids is 1. The number of carbonyl (C=O) groups is 2. The van der Waals surface area contributed by atoms with Crippen molar-refractivity contribution in [3.63, 3.8) is 0 Å². The average molecular weight is 239 g/mol. The van der Waals surface area contributed by atoms with E-state index in [0.29, 0.717) is 0 Å². The van der Waals surface area contributed by atoms with Crippen molar-refractivity contribution in [3.05, 3.63) is 22.1 Å². The lowest BCUT2D eigenvalue weighted by Crippen LogP contribution is -2.57. The topological polar surface area (TPSA) is 101 Å². The molecule has 1 amide bonds. The molecule has 17 heavy (non-hydrogen) atoms. The van der Waals surface area contributed by atoms with Gasteiger partial charge in [-0.05, 0) is 0 Å². The Morgan fingerprint density at radius 3 is 2.76 bits per heavy atom. The first-order valence-electron chi connectivity index (χ1n) is 4.82. The number of amides is 1. The molecule has 0 fully saturated rings. The van der Waals surface area contributed by atoms with Crippen molar-refractivity contribution < 1.29 is 19.3 Å². The summed E-state index contributed by atoms with van der Waals surface area (Å²) in [6.45, 7) is -0.124. The van der Waals surface area contributed by atoms with Gasteiger partial charge in [0.2, 0.25) is 0 Å². The molecule has 90 valence electrons. The third-order valence-electron chi connectivity index (χ3n) is 2.52. The minimum absolute atomic E-state index is 0.0829. The monoisotopic (exact) mass is 239 g/mol. The highest BCUT2D eigenvalue weighted by molar-refractivity contribution is 5.85. The van der Waals surface area contributed by atoms with E-state index in [1.807, 2.05) is 0 Å². The van der Waals surface area contributed by atoms with Crippen molar-refractivity contribution >= 4 is 17.8 Å². The van der Waals surface area contributed by atoms with Crippen LogP contribution in [0.3, 0.4) is 0 Å². The van der Waals surface area contributed by atoms with Gasteiger partial charge in [-0.1, -0.05) is 0 Å². The fourth-order valence-corrected chi connectivity index (χ4v) is 1.48. The number of hydrogen-bond donors (Lipinski definition) is 2. The van der Waals surface area contributed by atoms with Crippen LogP contribution in [0.1, 0.15) is 10.5 Å². The van der Waals surface area contributed by atoms with E-state index in [4.69, 9.17) is 5.11 Å². The highest BCUT2D eigenvalue weighted by atomic mass is 16.4. The lowest BCUT2D eigenvalue weighted by atomic mass is 10.4. The largest absolute Gasteiger partial charge is 0.477 e. The summed E-state index contributed by atoms with van der Waals surface area (Å²) >= 11 is 0. The van der Waals surface area contributed by atoms with Gasteiger partial charge in [0.15, 0.2) is 5.69 Å². The molecule has 0 saturated heterocycles. The molecule has 0 atom stereocenters. The zero-order valence-corrected chi connectivity index (χ0v) is 9.30. The second-order valence-corrected chi connectivity index (χ2v) is 4.15. The van der Waals surface area contributed by atoms with E-state index in [1.165, 1.54) is 0 Å². The number of likely N-dealkylation sites (N-methyl/N-ethyl adjacent to an activating group) is 1. The van der Waals surface area contributed by atoms with Crippen LogP contribution in [0.5, 0.6) is 0 Å². The van der Waals surface area contributed by atoms with Gasteiger partial charge in [0, 0.05) is 6.07 Å². The minimum atomic E-state index is -1.28. The van der Waals surface area contributed by atoms with Crippen molar-refractivity contribution in [2.24, 2.45) is 0 Å². The molecule has 2 rings (SSSR count). The van der Waals surface area contributed by atoms with E-state index in [1.54, 1.807) is 14.1 Å². The molecule has 2 N–H and O–H groups in total. The molecule has 0 unspecified atom stereocenters. The second-order valence-electron chi connectivity index (χ2n) is 4.15. The van der Waals surface area contributed by atoms with Gasteiger partial charge < -0.3 is 5.11 Å². The number of hydrogen-bond acceptors (Lipinski definition) is 5. The third kappa shape index (κ3) is 1.78. The van der Waals surface area contributed by atoms with E-state index < -0.39 is 11.5 Å². The molecule has 1 aromatic rings. The van der Waals surface area contributed by atoms with Crippen molar-refractivity contribution in [2.45, 2.75) is 6.54 Å². The normalized spacial score (nSPS) is 17.2. The van der Waals surface area contributed by atoms with Gasteiger partial charge >= 0.3 is 11.9 Å². The number of anilines is 1. The van der Waals surface area contributed by atoms with Crippen LogP contribution in [0.25, 0.3) is 0 Å². The summed E-state index contributed by atoms with van der Waals surface area (Å²) < 4.78 is 0.924. The van der Waals surface area contributed by atoms with Crippen LogP contribution in [0, 0.1) is 0 Å². The van der Waals surface area contributed by atoms with E-state index in [2.05, 4.69) is 10.4 Å². The molecule has 1 aromatic heterocycles. The summed E-state index contributed by atoms with van der Waals surface area (Å²) in [6.07, 6.45) is 0. The molecular formula is C9H11N4O4+. The fraction of sp³-hybridized carbons (Fsp3) is 0.333. The van der Waals surface area contributed by atoms with Crippen molar-refractivity contribution in [3.8, 4) is 0 Å². The number of quaternary nitrogens is 1. The predicted molar refractivity (Wildman–Crippen MR) is 56.2 cm³/mol. The second kappa shape index (κ2) is 3.39. The van der Waals surface area contributed by atoms with Gasteiger partial charge in [-0.25, -0.2) is 14.6 Å². The van der Waals surface area contributed by atoms with Crippen LogP contribution in [0.2, 0.25) is 0 Å². The molecule has 0 radical (unpaired) electrons. The summed E-state index contributed by atoms with van der Waals surface area (Å²) in [4.78, 5) is 37.8. The Morgan fingerprint density at radius 2 is 2.18 bits per heavy atom. The summed E-state index contributed by atoms with van der Waals surface area (Å²) in [5.41, 5.74) is 1.79. The lowest BCUT2D eigenvalue weighted by Gasteiger charge is -2.31.